The molecular weight excluding hydrogens is 352 g/mol. The van der Waals surface area contributed by atoms with Gasteiger partial charge in [-0.05, 0) is 50.4 Å². The number of aryl methyl sites for hydroxylation is 1. The summed E-state index contributed by atoms with van der Waals surface area (Å²) in [5.41, 5.74) is 0. The standard InChI is InChI=1S/C19H29ClN4O2/c1-12-22-23-18(26-12)17-7-2-3-10-24(17)19(25)21-14-8-9-16(20)15(11-14)13-5-4-6-13/h13-17H,2-11H2,1H3,(H,21,25). The molecule has 2 aliphatic carbocycles. The van der Waals surface area contributed by atoms with Crippen molar-refractivity contribution in [2.45, 2.75) is 82.2 Å². The Morgan fingerprint density at radius 3 is 2.69 bits per heavy atom. The van der Waals surface area contributed by atoms with Gasteiger partial charge in [0, 0.05) is 24.9 Å². The fourth-order valence-electron chi connectivity index (χ4n) is 4.79. The Bertz CT molecular complexity index is 631. The van der Waals surface area contributed by atoms with E-state index in [1.54, 1.807) is 6.92 Å². The fraction of sp³-hybridized carbons (Fsp3) is 0.842. The van der Waals surface area contributed by atoms with Crippen LogP contribution in [0.4, 0.5) is 4.79 Å². The highest BCUT2D eigenvalue weighted by atomic mass is 35.5. The summed E-state index contributed by atoms with van der Waals surface area (Å²) >= 11 is 6.60. The van der Waals surface area contributed by atoms with Crippen molar-refractivity contribution in [2.75, 3.05) is 6.54 Å². The lowest BCUT2D eigenvalue weighted by atomic mass is 9.69. The molecule has 4 rings (SSSR count). The van der Waals surface area contributed by atoms with Gasteiger partial charge in [0.05, 0.1) is 0 Å². The van der Waals surface area contributed by atoms with Crippen molar-refractivity contribution in [1.82, 2.24) is 20.4 Å². The predicted octanol–water partition coefficient (Wildman–Crippen LogP) is 4.19. The molecule has 1 aromatic heterocycles. The van der Waals surface area contributed by atoms with Crippen LogP contribution in [0.2, 0.25) is 0 Å². The second-order valence-electron chi connectivity index (χ2n) is 8.19. The number of likely N-dealkylation sites (tertiary alicyclic amines) is 1. The summed E-state index contributed by atoms with van der Waals surface area (Å²) in [5, 5.41) is 11.7. The number of alkyl halides is 1. The van der Waals surface area contributed by atoms with Crippen molar-refractivity contribution in [3.05, 3.63) is 11.8 Å². The van der Waals surface area contributed by atoms with Gasteiger partial charge in [0.2, 0.25) is 11.8 Å². The number of nitrogens with zero attached hydrogens (tertiary/aromatic N) is 3. The Morgan fingerprint density at radius 2 is 2.00 bits per heavy atom. The zero-order valence-corrected chi connectivity index (χ0v) is 16.2. The largest absolute Gasteiger partial charge is 0.423 e. The Hall–Kier alpha value is -1.30. The number of carbonyl (C=O) groups excluding carboxylic acids is 1. The molecule has 7 heteroatoms. The minimum atomic E-state index is -0.100. The van der Waals surface area contributed by atoms with Crippen LogP contribution in [0.1, 0.15) is 75.6 Å². The number of halogens is 1. The van der Waals surface area contributed by atoms with E-state index >= 15 is 0 Å². The predicted molar refractivity (Wildman–Crippen MR) is 99.0 cm³/mol. The van der Waals surface area contributed by atoms with Crippen LogP contribution in [0, 0.1) is 18.8 Å². The van der Waals surface area contributed by atoms with Gasteiger partial charge < -0.3 is 14.6 Å². The van der Waals surface area contributed by atoms with E-state index in [0.717, 1.165) is 51.0 Å². The first-order valence-electron chi connectivity index (χ1n) is 10.1. The molecule has 2 heterocycles. The first-order chi connectivity index (χ1) is 12.6. The molecule has 1 aromatic rings. The third kappa shape index (κ3) is 3.71. The van der Waals surface area contributed by atoms with Crippen LogP contribution in [0.15, 0.2) is 4.42 Å². The van der Waals surface area contributed by atoms with Crippen molar-refractivity contribution >= 4 is 17.6 Å². The molecule has 4 unspecified atom stereocenters. The Labute approximate surface area is 160 Å². The van der Waals surface area contributed by atoms with Crippen molar-refractivity contribution in [1.29, 1.82) is 0 Å². The van der Waals surface area contributed by atoms with Gasteiger partial charge in [-0.1, -0.05) is 19.3 Å². The topological polar surface area (TPSA) is 71.3 Å². The zero-order chi connectivity index (χ0) is 18.1. The second kappa shape index (κ2) is 7.75. The average Bonchev–Trinajstić information content (AvgIpc) is 3.02. The number of nitrogens with one attached hydrogen (secondary N) is 1. The monoisotopic (exact) mass is 380 g/mol. The van der Waals surface area contributed by atoms with E-state index in [4.69, 9.17) is 16.0 Å². The summed E-state index contributed by atoms with van der Waals surface area (Å²) in [6, 6.07) is 0.141. The quantitative estimate of drug-likeness (QED) is 0.798. The van der Waals surface area contributed by atoms with Gasteiger partial charge in [-0.15, -0.1) is 21.8 Å². The molecule has 0 aromatic carbocycles. The molecule has 3 aliphatic rings. The zero-order valence-electron chi connectivity index (χ0n) is 15.5. The Balaban J connectivity index is 1.39. The number of hydrogen-bond acceptors (Lipinski definition) is 4. The van der Waals surface area contributed by atoms with E-state index in [1.165, 1.54) is 19.3 Å². The Morgan fingerprint density at radius 1 is 1.15 bits per heavy atom. The van der Waals surface area contributed by atoms with E-state index in [-0.39, 0.29) is 23.5 Å². The number of rotatable bonds is 3. The first-order valence-corrected chi connectivity index (χ1v) is 10.6. The van der Waals surface area contributed by atoms with Crippen LogP contribution in [-0.4, -0.2) is 39.1 Å². The highest BCUT2D eigenvalue weighted by Gasteiger charge is 2.39. The molecule has 3 fully saturated rings. The van der Waals surface area contributed by atoms with Crippen LogP contribution in [-0.2, 0) is 0 Å². The van der Waals surface area contributed by atoms with Gasteiger partial charge in [-0.2, -0.15) is 0 Å². The summed E-state index contributed by atoms with van der Waals surface area (Å²) in [4.78, 5) is 14.9. The molecular formula is C19H29ClN4O2. The molecule has 1 N–H and O–H groups in total. The SMILES string of the molecule is Cc1nnc(C2CCCCN2C(=O)NC2CCC(Cl)C(C3CCC3)C2)o1. The minimum absolute atomic E-state index is 0.0101. The van der Waals surface area contributed by atoms with Crippen molar-refractivity contribution in [2.24, 2.45) is 11.8 Å². The molecule has 144 valence electrons. The highest BCUT2D eigenvalue weighted by molar-refractivity contribution is 6.20. The third-order valence-corrected chi connectivity index (χ3v) is 7.03. The van der Waals surface area contributed by atoms with Crippen molar-refractivity contribution < 1.29 is 9.21 Å². The smallest absolute Gasteiger partial charge is 0.318 e. The molecule has 0 spiro atoms. The molecule has 4 atom stereocenters. The van der Waals surface area contributed by atoms with Gasteiger partial charge in [0.1, 0.15) is 6.04 Å². The van der Waals surface area contributed by atoms with Gasteiger partial charge in [-0.3, -0.25) is 0 Å². The van der Waals surface area contributed by atoms with Crippen LogP contribution in [0.5, 0.6) is 0 Å². The molecule has 1 aliphatic heterocycles. The number of piperidine rings is 1. The second-order valence-corrected chi connectivity index (χ2v) is 8.76. The van der Waals surface area contributed by atoms with Crippen LogP contribution < -0.4 is 5.32 Å². The molecule has 2 saturated carbocycles. The number of amides is 2. The Kier molecular flexibility index (Phi) is 5.39. The molecule has 1 saturated heterocycles. The number of carbonyl (C=O) groups is 1. The summed E-state index contributed by atoms with van der Waals surface area (Å²) < 4.78 is 5.62. The summed E-state index contributed by atoms with van der Waals surface area (Å²) in [6.07, 6.45) is 9.92. The number of urea groups is 1. The summed E-state index contributed by atoms with van der Waals surface area (Å²) in [6.45, 7) is 2.53. The number of hydrogen-bond donors (Lipinski definition) is 1. The molecule has 0 radical (unpaired) electrons. The first kappa shape index (κ1) is 18.1. The number of aromatic nitrogens is 2. The lowest BCUT2D eigenvalue weighted by molar-refractivity contribution is 0.119. The fourth-order valence-corrected chi connectivity index (χ4v) is 5.23. The minimum Gasteiger partial charge on any atom is -0.423 e. The lowest BCUT2D eigenvalue weighted by Crippen LogP contribution is -2.50. The van der Waals surface area contributed by atoms with E-state index in [2.05, 4.69) is 15.5 Å². The third-order valence-electron chi connectivity index (χ3n) is 6.49. The normalized spacial score (nSPS) is 32.9. The van der Waals surface area contributed by atoms with E-state index in [9.17, 15) is 4.79 Å². The molecule has 0 bridgehead atoms. The van der Waals surface area contributed by atoms with Gasteiger partial charge in [0.25, 0.3) is 0 Å². The van der Waals surface area contributed by atoms with E-state index < -0.39 is 0 Å². The average molecular weight is 381 g/mol. The maximum atomic E-state index is 13.0. The van der Waals surface area contributed by atoms with E-state index in [0.29, 0.717) is 17.7 Å². The van der Waals surface area contributed by atoms with Crippen LogP contribution in [0.25, 0.3) is 0 Å². The summed E-state index contributed by atoms with van der Waals surface area (Å²) in [7, 11) is 0. The van der Waals surface area contributed by atoms with E-state index in [1.807, 2.05) is 4.90 Å². The van der Waals surface area contributed by atoms with Crippen LogP contribution >= 0.6 is 11.6 Å². The lowest BCUT2D eigenvalue weighted by Gasteiger charge is -2.42. The maximum Gasteiger partial charge on any atom is 0.318 e. The van der Waals surface area contributed by atoms with Gasteiger partial charge in [0.15, 0.2) is 0 Å². The molecule has 6 nitrogen and oxygen atoms in total. The van der Waals surface area contributed by atoms with Crippen molar-refractivity contribution in [3.63, 3.8) is 0 Å². The maximum absolute atomic E-state index is 13.0. The molecule has 2 amide bonds. The highest BCUT2D eigenvalue weighted by Crippen LogP contribution is 2.43. The molecule has 26 heavy (non-hydrogen) atoms. The van der Waals surface area contributed by atoms with Gasteiger partial charge in [-0.25, -0.2) is 4.79 Å². The van der Waals surface area contributed by atoms with Gasteiger partial charge >= 0.3 is 6.03 Å². The van der Waals surface area contributed by atoms with Crippen molar-refractivity contribution in [3.8, 4) is 0 Å². The summed E-state index contributed by atoms with van der Waals surface area (Å²) in [5.74, 6) is 2.44. The van der Waals surface area contributed by atoms with Crippen LogP contribution in [0.3, 0.4) is 0 Å².